The van der Waals surface area contributed by atoms with Crippen molar-refractivity contribution in [1.29, 1.82) is 0 Å². The van der Waals surface area contributed by atoms with Crippen molar-refractivity contribution in [1.82, 2.24) is 0 Å². The molecule has 2 heteroatoms. The van der Waals surface area contributed by atoms with Gasteiger partial charge in [0.05, 0.1) is 0 Å². The van der Waals surface area contributed by atoms with Crippen LogP contribution in [0.4, 0.5) is 0 Å². The molecule has 0 bridgehead atoms. The van der Waals surface area contributed by atoms with Gasteiger partial charge in [0.25, 0.3) is 0 Å². The number of hydrogen-bond donors (Lipinski definition) is 1. The molecule has 17 heavy (non-hydrogen) atoms. The van der Waals surface area contributed by atoms with E-state index >= 15 is 0 Å². The van der Waals surface area contributed by atoms with Gasteiger partial charge in [-0.3, -0.25) is 0 Å². The summed E-state index contributed by atoms with van der Waals surface area (Å²) in [6.45, 7) is 3.84. The van der Waals surface area contributed by atoms with Gasteiger partial charge < -0.3 is 9.90 Å². The summed E-state index contributed by atoms with van der Waals surface area (Å²) in [7, 11) is 0. The van der Waals surface area contributed by atoms with Gasteiger partial charge in [0, 0.05) is 5.92 Å². The van der Waals surface area contributed by atoms with Crippen molar-refractivity contribution in [3.05, 3.63) is 28.8 Å². The van der Waals surface area contributed by atoms with Crippen molar-refractivity contribution >= 4 is 6.29 Å². The van der Waals surface area contributed by atoms with E-state index in [-0.39, 0.29) is 5.92 Å². The topological polar surface area (TPSA) is 37.3 Å². The molecule has 1 N–H and O–H groups in total. The molecule has 0 saturated heterocycles. The van der Waals surface area contributed by atoms with Gasteiger partial charge >= 0.3 is 0 Å². The summed E-state index contributed by atoms with van der Waals surface area (Å²) < 4.78 is 0. The molecule has 0 amide bonds. The van der Waals surface area contributed by atoms with E-state index in [1.807, 2.05) is 26.0 Å². The highest BCUT2D eigenvalue weighted by Gasteiger charge is 2.26. The van der Waals surface area contributed by atoms with Crippen LogP contribution in [0.2, 0.25) is 0 Å². The Hall–Kier alpha value is -1.31. The van der Waals surface area contributed by atoms with Crippen LogP contribution in [0.25, 0.3) is 0 Å². The zero-order valence-electron chi connectivity index (χ0n) is 10.6. The number of phenols is 1. The Balaban J connectivity index is 2.35. The Morgan fingerprint density at radius 1 is 1.18 bits per heavy atom. The molecule has 92 valence electrons. The number of carbonyl (C=O) groups excluding carboxylic acids is 1. The van der Waals surface area contributed by atoms with Gasteiger partial charge in [0.15, 0.2) is 0 Å². The third kappa shape index (κ3) is 2.36. The molecule has 0 radical (unpaired) electrons. The average molecular weight is 232 g/mol. The molecule has 1 fully saturated rings. The fraction of sp³-hybridized carbons (Fsp3) is 0.533. The maximum Gasteiger partial charge on any atom is 0.123 e. The number of rotatable bonds is 2. The minimum Gasteiger partial charge on any atom is -0.507 e. The lowest BCUT2D eigenvalue weighted by molar-refractivity contribution is -0.112. The van der Waals surface area contributed by atoms with E-state index in [1.54, 1.807) is 0 Å². The minimum absolute atomic E-state index is 0.159. The van der Waals surface area contributed by atoms with Crippen molar-refractivity contribution in [3.63, 3.8) is 0 Å². The number of aldehydes is 1. The van der Waals surface area contributed by atoms with E-state index < -0.39 is 0 Å². The summed E-state index contributed by atoms with van der Waals surface area (Å²) in [5.74, 6) is 0.888. The summed E-state index contributed by atoms with van der Waals surface area (Å²) in [5.41, 5.74) is 3.04. The zero-order chi connectivity index (χ0) is 12.4. The van der Waals surface area contributed by atoms with E-state index in [0.717, 1.165) is 36.7 Å². The summed E-state index contributed by atoms with van der Waals surface area (Å²) >= 11 is 0. The van der Waals surface area contributed by atoms with E-state index in [1.165, 1.54) is 12.0 Å². The second kappa shape index (κ2) is 4.91. The molecule has 0 aliphatic heterocycles. The van der Waals surface area contributed by atoms with Crippen molar-refractivity contribution < 1.29 is 9.90 Å². The molecule has 1 aliphatic rings. The van der Waals surface area contributed by atoms with Gasteiger partial charge in [-0.05, 0) is 49.3 Å². The summed E-state index contributed by atoms with van der Waals surface area (Å²) in [5, 5.41) is 9.78. The summed E-state index contributed by atoms with van der Waals surface area (Å²) in [6, 6.07) is 4.07. The number of aryl methyl sites for hydroxylation is 2. The standard InChI is InChI=1S/C15H20O2/c1-10-7-13(8-11(2)15(10)17)14-6-4-3-5-12(14)9-16/h7-9,12,14,17H,3-6H2,1-2H3/t12-,14+/m1/s1. The smallest absolute Gasteiger partial charge is 0.123 e. The van der Waals surface area contributed by atoms with Crippen LogP contribution in [0.1, 0.15) is 48.3 Å². The predicted octanol–water partition coefficient (Wildman–Crippen LogP) is 3.48. The van der Waals surface area contributed by atoms with Crippen LogP contribution in [0.15, 0.2) is 12.1 Å². The molecule has 0 aromatic heterocycles. The number of hydrogen-bond acceptors (Lipinski definition) is 2. The highest BCUT2D eigenvalue weighted by Crippen LogP contribution is 2.38. The molecule has 1 aromatic carbocycles. The Labute approximate surface area is 103 Å². The molecule has 1 saturated carbocycles. The van der Waals surface area contributed by atoms with Crippen LogP contribution >= 0.6 is 0 Å². The van der Waals surface area contributed by atoms with Gasteiger partial charge in [-0.1, -0.05) is 25.0 Å². The Bertz CT molecular complexity index is 400. The second-order valence-corrected chi connectivity index (χ2v) is 5.19. The van der Waals surface area contributed by atoms with Crippen LogP contribution in [-0.4, -0.2) is 11.4 Å². The summed E-state index contributed by atoms with van der Waals surface area (Å²) in [6.07, 6.45) is 5.57. The van der Waals surface area contributed by atoms with Gasteiger partial charge in [0.2, 0.25) is 0 Å². The van der Waals surface area contributed by atoms with Crippen LogP contribution in [0, 0.1) is 19.8 Å². The van der Waals surface area contributed by atoms with E-state index in [2.05, 4.69) is 0 Å². The maximum atomic E-state index is 11.1. The van der Waals surface area contributed by atoms with Gasteiger partial charge in [-0.25, -0.2) is 0 Å². The largest absolute Gasteiger partial charge is 0.507 e. The summed E-state index contributed by atoms with van der Waals surface area (Å²) in [4.78, 5) is 11.1. The van der Waals surface area contributed by atoms with Crippen molar-refractivity contribution in [2.75, 3.05) is 0 Å². The molecule has 0 heterocycles. The molecule has 0 spiro atoms. The quantitative estimate of drug-likeness (QED) is 0.793. The molecular weight excluding hydrogens is 212 g/mol. The lowest BCUT2D eigenvalue weighted by Crippen LogP contribution is -2.19. The number of aromatic hydroxyl groups is 1. The molecule has 0 unspecified atom stereocenters. The van der Waals surface area contributed by atoms with Crippen LogP contribution in [-0.2, 0) is 4.79 Å². The van der Waals surface area contributed by atoms with Gasteiger partial charge in [-0.15, -0.1) is 0 Å². The average Bonchev–Trinajstić information content (AvgIpc) is 2.35. The van der Waals surface area contributed by atoms with Gasteiger partial charge in [-0.2, -0.15) is 0 Å². The molecular formula is C15H20O2. The highest BCUT2D eigenvalue weighted by atomic mass is 16.3. The zero-order valence-corrected chi connectivity index (χ0v) is 10.6. The molecule has 2 atom stereocenters. The number of phenolic OH excluding ortho intramolecular Hbond substituents is 1. The van der Waals surface area contributed by atoms with Crippen molar-refractivity contribution in [3.8, 4) is 5.75 Å². The molecule has 1 aliphatic carbocycles. The Kier molecular flexibility index (Phi) is 3.51. The van der Waals surface area contributed by atoms with E-state index in [9.17, 15) is 9.90 Å². The monoisotopic (exact) mass is 232 g/mol. The highest BCUT2D eigenvalue weighted by molar-refractivity contribution is 5.57. The molecule has 2 rings (SSSR count). The Morgan fingerprint density at radius 3 is 2.35 bits per heavy atom. The first-order valence-electron chi connectivity index (χ1n) is 6.39. The molecule has 1 aromatic rings. The van der Waals surface area contributed by atoms with Crippen LogP contribution in [0.5, 0.6) is 5.75 Å². The normalized spacial score (nSPS) is 24.6. The van der Waals surface area contributed by atoms with Gasteiger partial charge in [0.1, 0.15) is 12.0 Å². The lowest BCUT2D eigenvalue weighted by Gasteiger charge is -2.28. The van der Waals surface area contributed by atoms with E-state index in [0.29, 0.717) is 11.7 Å². The predicted molar refractivity (Wildman–Crippen MR) is 68.3 cm³/mol. The van der Waals surface area contributed by atoms with Crippen LogP contribution in [0.3, 0.4) is 0 Å². The Morgan fingerprint density at radius 2 is 1.76 bits per heavy atom. The van der Waals surface area contributed by atoms with E-state index in [4.69, 9.17) is 0 Å². The maximum absolute atomic E-state index is 11.1. The first kappa shape index (κ1) is 12.2. The number of carbonyl (C=O) groups is 1. The van der Waals surface area contributed by atoms with Crippen molar-refractivity contribution in [2.45, 2.75) is 45.4 Å². The van der Waals surface area contributed by atoms with Crippen molar-refractivity contribution in [2.24, 2.45) is 5.92 Å². The molecule has 2 nitrogen and oxygen atoms in total. The third-order valence-corrected chi connectivity index (χ3v) is 3.94. The fourth-order valence-corrected chi connectivity index (χ4v) is 2.94. The SMILES string of the molecule is Cc1cc([C@H]2CCCC[C@@H]2C=O)cc(C)c1O. The van der Waals surface area contributed by atoms with Crippen LogP contribution < -0.4 is 0 Å². The lowest BCUT2D eigenvalue weighted by atomic mass is 9.75. The third-order valence-electron chi connectivity index (χ3n) is 3.94. The first-order valence-corrected chi connectivity index (χ1v) is 6.39. The second-order valence-electron chi connectivity index (χ2n) is 5.19. The first-order chi connectivity index (χ1) is 8.13. The number of benzene rings is 1. The fourth-order valence-electron chi connectivity index (χ4n) is 2.94. The minimum atomic E-state index is 0.159.